The quantitative estimate of drug-likeness (QED) is 0.827. The van der Waals surface area contributed by atoms with E-state index in [0.717, 1.165) is 43.1 Å². The molecule has 3 rings (SSSR count). The van der Waals surface area contributed by atoms with Crippen LogP contribution in [0.25, 0.3) is 0 Å². The minimum atomic E-state index is -1.64. The minimum absolute atomic E-state index is 0.189. The summed E-state index contributed by atoms with van der Waals surface area (Å²) in [6.45, 7) is 1.92. The fraction of sp³-hybridized carbons (Fsp3) is 0.316. The zero-order valence-corrected chi connectivity index (χ0v) is 14.3. The Morgan fingerprint density at radius 1 is 1.15 bits per heavy atom. The van der Waals surface area contributed by atoms with Crippen LogP contribution in [0.1, 0.15) is 16.8 Å². The maximum absolute atomic E-state index is 13.7. The van der Waals surface area contributed by atoms with Crippen molar-refractivity contribution in [2.75, 3.05) is 31.6 Å². The van der Waals surface area contributed by atoms with Crippen molar-refractivity contribution in [3.05, 3.63) is 59.4 Å². The lowest BCUT2D eigenvalue weighted by molar-refractivity contribution is 0.0943. The van der Waals surface area contributed by atoms with Crippen LogP contribution >= 0.6 is 0 Å². The zero-order valence-electron chi connectivity index (χ0n) is 14.3. The first-order valence-corrected chi connectivity index (χ1v) is 8.30. The number of hydrogen-bond acceptors (Lipinski definition) is 3. The second kappa shape index (κ2) is 7.68. The van der Waals surface area contributed by atoms with Gasteiger partial charge in [0.1, 0.15) is 5.75 Å². The Bertz CT molecular complexity index is 796. The molecule has 0 radical (unpaired) electrons. The van der Waals surface area contributed by atoms with Crippen LogP contribution in [0.3, 0.4) is 0 Å². The molecule has 0 saturated carbocycles. The molecule has 1 atom stereocenters. The molecular weight excluding hydrogens is 345 g/mol. The highest BCUT2D eigenvalue weighted by Crippen LogP contribution is 2.25. The number of nitrogens with zero attached hydrogens (tertiary/aromatic N) is 1. The molecule has 4 nitrogen and oxygen atoms in total. The van der Waals surface area contributed by atoms with Crippen molar-refractivity contribution in [3.8, 4) is 5.75 Å². The number of methoxy groups -OCH3 is 1. The van der Waals surface area contributed by atoms with Gasteiger partial charge >= 0.3 is 0 Å². The van der Waals surface area contributed by atoms with E-state index in [1.54, 1.807) is 7.11 Å². The molecule has 0 aliphatic carbocycles. The van der Waals surface area contributed by atoms with E-state index in [9.17, 15) is 18.0 Å². The molecular formula is C19H19F3N2O2. The molecule has 0 spiro atoms. The topological polar surface area (TPSA) is 41.6 Å². The van der Waals surface area contributed by atoms with Gasteiger partial charge in [-0.05, 0) is 48.7 Å². The lowest BCUT2D eigenvalue weighted by Crippen LogP contribution is -2.31. The number of nitrogens with one attached hydrogen (secondary N) is 1. The summed E-state index contributed by atoms with van der Waals surface area (Å²) in [4.78, 5) is 14.2. The Balaban J connectivity index is 1.56. The van der Waals surface area contributed by atoms with Crippen molar-refractivity contribution in [2.24, 2.45) is 5.92 Å². The number of rotatable bonds is 5. The fourth-order valence-corrected chi connectivity index (χ4v) is 3.06. The molecule has 1 saturated heterocycles. The number of benzene rings is 2. The highest BCUT2D eigenvalue weighted by atomic mass is 19.2. The van der Waals surface area contributed by atoms with Gasteiger partial charge in [-0.2, -0.15) is 0 Å². The predicted octanol–water partition coefficient (Wildman–Crippen LogP) is 3.37. The summed E-state index contributed by atoms with van der Waals surface area (Å²) in [6, 6.07) is 9.40. The number of hydrogen-bond donors (Lipinski definition) is 1. The molecule has 0 aromatic heterocycles. The average molecular weight is 364 g/mol. The standard InChI is InChI=1S/C19H19F3N2O2/c1-26-14-4-2-13(3-5-14)24-9-8-12(11-24)10-23-19(25)15-6-7-16(20)18(22)17(15)21/h2-7,12H,8-11H2,1H3,(H,23,25). The third kappa shape index (κ3) is 3.76. The Hall–Kier alpha value is -2.70. The monoisotopic (exact) mass is 364 g/mol. The third-order valence-electron chi connectivity index (χ3n) is 4.55. The predicted molar refractivity (Wildman–Crippen MR) is 92.0 cm³/mol. The highest BCUT2D eigenvalue weighted by Gasteiger charge is 2.24. The van der Waals surface area contributed by atoms with E-state index in [1.165, 1.54) is 0 Å². The lowest BCUT2D eigenvalue weighted by atomic mass is 10.1. The van der Waals surface area contributed by atoms with Crippen LogP contribution in [0, 0.1) is 23.4 Å². The average Bonchev–Trinajstić information content (AvgIpc) is 3.13. The van der Waals surface area contributed by atoms with Crippen molar-refractivity contribution >= 4 is 11.6 Å². The molecule has 0 bridgehead atoms. The first kappa shape index (κ1) is 18.1. The molecule has 1 aliphatic rings. The molecule has 7 heteroatoms. The first-order chi connectivity index (χ1) is 12.5. The first-order valence-electron chi connectivity index (χ1n) is 8.30. The maximum Gasteiger partial charge on any atom is 0.254 e. The number of amides is 1. The van der Waals surface area contributed by atoms with Gasteiger partial charge in [0, 0.05) is 25.3 Å². The van der Waals surface area contributed by atoms with Gasteiger partial charge in [0.2, 0.25) is 0 Å². The van der Waals surface area contributed by atoms with Crippen LogP contribution in [0.2, 0.25) is 0 Å². The van der Waals surface area contributed by atoms with Gasteiger partial charge in [0.05, 0.1) is 12.7 Å². The molecule has 2 aromatic rings. The Morgan fingerprint density at radius 2 is 1.88 bits per heavy atom. The van der Waals surface area contributed by atoms with E-state index < -0.39 is 28.9 Å². The molecule has 26 heavy (non-hydrogen) atoms. The van der Waals surface area contributed by atoms with E-state index in [0.29, 0.717) is 6.54 Å². The summed E-state index contributed by atoms with van der Waals surface area (Å²) < 4.78 is 45.0. The SMILES string of the molecule is COc1ccc(N2CCC(CNC(=O)c3ccc(F)c(F)c3F)C2)cc1. The summed E-state index contributed by atoms with van der Waals surface area (Å²) in [5, 5.41) is 2.60. The second-order valence-corrected chi connectivity index (χ2v) is 6.23. The minimum Gasteiger partial charge on any atom is -0.497 e. The molecule has 1 aliphatic heterocycles. The Morgan fingerprint density at radius 3 is 2.58 bits per heavy atom. The van der Waals surface area contributed by atoms with Gasteiger partial charge in [-0.15, -0.1) is 0 Å². The summed E-state index contributed by atoms with van der Waals surface area (Å²) in [7, 11) is 1.61. The van der Waals surface area contributed by atoms with Gasteiger partial charge in [-0.25, -0.2) is 13.2 Å². The van der Waals surface area contributed by atoms with E-state index in [-0.39, 0.29) is 5.92 Å². The van der Waals surface area contributed by atoms with E-state index >= 15 is 0 Å². The number of carbonyl (C=O) groups is 1. The fourth-order valence-electron chi connectivity index (χ4n) is 3.06. The summed E-state index contributed by atoms with van der Waals surface area (Å²) >= 11 is 0. The largest absolute Gasteiger partial charge is 0.497 e. The third-order valence-corrected chi connectivity index (χ3v) is 4.55. The molecule has 138 valence electrons. The molecule has 1 fully saturated rings. The highest BCUT2D eigenvalue weighted by molar-refractivity contribution is 5.94. The van der Waals surface area contributed by atoms with Crippen molar-refractivity contribution in [1.82, 2.24) is 5.32 Å². The zero-order chi connectivity index (χ0) is 18.7. The summed E-state index contributed by atoms with van der Waals surface area (Å²) in [5.41, 5.74) is 0.570. The van der Waals surface area contributed by atoms with E-state index in [2.05, 4.69) is 10.2 Å². The van der Waals surface area contributed by atoms with Crippen LogP contribution in [0.15, 0.2) is 36.4 Å². The van der Waals surface area contributed by atoms with Crippen molar-refractivity contribution in [3.63, 3.8) is 0 Å². The lowest BCUT2D eigenvalue weighted by Gasteiger charge is -2.19. The maximum atomic E-state index is 13.7. The summed E-state index contributed by atoms with van der Waals surface area (Å²) in [6.07, 6.45) is 0.868. The number of ether oxygens (including phenoxy) is 1. The van der Waals surface area contributed by atoms with Gasteiger partial charge in [-0.1, -0.05) is 0 Å². The number of anilines is 1. The van der Waals surface area contributed by atoms with Crippen LogP contribution in [0.4, 0.5) is 18.9 Å². The normalized spacial score (nSPS) is 16.6. The second-order valence-electron chi connectivity index (χ2n) is 6.23. The Labute approximate surface area is 149 Å². The molecule has 1 N–H and O–H groups in total. The Kier molecular flexibility index (Phi) is 5.35. The van der Waals surface area contributed by atoms with Crippen LogP contribution < -0.4 is 15.0 Å². The molecule has 2 aromatic carbocycles. The van der Waals surface area contributed by atoms with Crippen LogP contribution in [0.5, 0.6) is 5.75 Å². The summed E-state index contributed by atoms with van der Waals surface area (Å²) in [5.74, 6) is -4.19. The van der Waals surface area contributed by atoms with Gasteiger partial charge < -0.3 is 15.0 Å². The van der Waals surface area contributed by atoms with E-state index in [1.807, 2.05) is 24.3 Å². The van der Waals surface area contributed by atoms with Gasteiger partial charge in [0.15, 0.2) is 17.5 Å². The molecule has 1 unspecified atom stereocenters. The number of halogens is 3. The van der Waals surface area contributed by atoms with Crippen molar-refractivity contribution in [2.45, 2.75) is 6.42 Å². The van der Waals surface area contributed by atoms with Crippen LogP contribution in [-0.4, -0.2) is 32.7 Å². The van der Waals surface area contributed by atoms with Gasteiger partial charge in [-0.3, -0.25) is 4.79 Å². The number of carbonyl (C=O) groups excluding carboxylic acids is 1. The smallest absolute Gasteiger partial charge is 0.254 e. The van der Waals surface area contributed by atoms with Crippen LogP contribution in [-0.2, 0) is 0 Å². The van der Waals surface area contributed by atoms with Crippen molar-refractivity contribution < 1.29 is 22.7 Å². The van der Waals surface area contributed by atoms with E-state index in [4.69, 9.17) is 4.74 Å². The molecule has 1 heterocycles. The molecule has 1 amide bonds. The van der Waals surface area contributed by atoms with Gasteiger partial charge in [0.25, 0.3) is 5.91 Å². The van der Waals surface area contributed by atoms with Crippen molar-refractivity contribution in [1.29, 1.82) is 0 Å².